The lowest BCUT2D eigenvalue weighted by molar-refractivity contribution is -0.0421. The van der Waals surface area contributed by atoms with Gasteiger partial charge >= 0.3 is 0 Å². The molecule has 26 heavy (non-hydrogen) atoms. The van der Waals surface area contributed by atoms with Crippen LogP contribution in [-0.4, -0.2) is 34.8 Å². The number of hydrogen-bond donors (Lipinski definition) is 2. The predicted octanol–water partition coefficient (Wildman–Crippen LogP) is 3.37. The van der Waals surface area contributed by atoms with Crippen molar-refractivity contribution in [3.63, 3.8) is 0 Å². The molecule has 0 bridgehead atoms. The van der Waals surface area contributed by atoms with Crippen LogP contribution < -0.4 is 9.47 Å². The third-order valence-electron chi connectivity index (χ3n) is 4.58. The predicted molar refractivity (Wildman–Crippen MR) is 98.9 cm³/mol. The van der Waals surface area contributed by atoms with Crippen LogP contribution in [0.2, 0.25) is 0 Å². The second-order valence-electron chi connectivity index (χ2n) is 6.81. The van der Waals surface area contributed by atoms with Gasteiger partial charge in [-0.1, -0.05) is 36.4 Å². The van der Waals surface area contributed by atoms with E-state index in [0.717, 1.165) is 5.56 Å². The Kier molecular flexibility index (Phi) is 4.74. The van der Waals surface area contributed by atoms with Crippen LogP contribution in [-0.2, 0) is 6.42 Å². The third-order valence-corrected chi connectivity index (χ3v) is 4.58. The number of phenolic OH excluding ortho intramolecular Hbond substituents is 1. The van der Waals surface area contributed by atoms with Crippen molar-refractivity contribution < 1.29 is 24.5 Å². The van der Waals surface area contributed by atoms with E-state index in [-0.39, 0.29) is 29.3 Å². The molecule has 1 heterocycles. The number of carbonyl (C=O) groups excluding carboxylic acids is 1. The molecule has 2 aromatic carbocycles. The number of carbonyl (C=O) groups is 1. The number of rotatable bonds is 4. The van der Waals surface area contributed by atoms with Crippen molar-refractivity contribution in [2.24, 2.45) is 0 Å². The summed E-state index contributed by atoms with van der Waals surface area (Å²) in [5.74, 6) is 0.0587. The Morgan fingerprint density at radius 3 is 2.65 bits per heavy atom. The van der Waals surface area contributed by atoms with Crippen LogP contribution in [0.4, 0.5) is 0 Å². The Bertz CT molecular complexity index is 852. The highest BCUT2D eigenvalue weighted by Crippen LogP contribution is 2.45. The topological polar surface area (TPSA) is 76.0 Å². The minimum absolute atomic E-state index is 0.0768. The highest BCUT2D eigenvalue weighted by Gasteiger charge is 2.40. The lowest BCUT2D eigenvalue weighted by Crippen LogP contribution is -2.46. The molecule has 2 aromatic rings. The van der Waals surface area contributed by atoms with Gasteiger partial charge in [0, 0.05) is 18.1 Å². The molecule has 1 atom stereocenters. The van der Waals surface area contributed by atoms with E-state index in [1.165, 1.54) is 19.3 Å². The standard InChI is InChI=1S/C21H22O5/c1-21(2)18(24)11-14-17(25-3)12-16(23)19(20(14)26-21)15(22)10-9-13-7-5-4-6-8-13/h4-10,12,18,23-24H,11H2,1-3H3/b10-9+. The number of benzene rings is 2. The summed E-state index contributed by atoms with van der Waals surface area (Å²) in [7, 11) is 1.47. The van der Waals surface area contributed by atoms with E-state index in [4.69, 9.17) is 9.47 Å². The summed E-state index contributed by atoms with van der Waals surface area (Å²) in [5.41, 5.74) is 0.644. The van der Waals surface area contributed by atoms with Crippen molar-refractivity contribution >= 4 is 11.9 Å². The average Bonchev–Trinajstić information content (AvgIpc) is 2.61. The number of phenols is 1. The highest BCUT2D eigenvalue weighted by molar-refractivity contribution is 6.11. The molecule has 3 rings (SSSR count). The van der Waals surface area contributed by atoms with Crippen molar-refractivity contribution in [1.82, 2.24) is 0 Å². The molecule has 0 saturated carbocycles. The van der Waals surface area contributed by atoms with Gasteiger partial charge in [0.1, 0.15) is 28.4 Å². The molecule has 0 fully saturated rings. The molecule has 1 aliphatic heterocycles. The zero-order chi connectivity index (χ0) is 18.9. The smallest absolute Gasteiger partial charge is 0.193 e. The van der Waals surface area contributed by atoms with Crippen LogP contribution in [0.1, 0.15) is 35.3 Å². The maximum atomic E-state index is 12.8. The van der Waals surface area contributed by atoms with E-state index in [1.54, 1.807) is 19.9 Å². The van der Waals surface area contributed by atoms with E-state index < -0.39 is 11.7 Å². The van der Waals surface area contributed by atoms with E-state index in [1.807, 2.05) is 30.3 Å². The number of hydrogen-bond acceptors (Lipinski definition) is 5. The van der Waals surface area contributed by atoms with E-state index in [9.17, 15) is 15.0 Å². The summed E-state index contributed by atoms with van der Waals surface area (Å²) in [4.78, 5) is 12.8. The molecule has 1 unspecified atom stereocenters. The third kappa shape index (κ3) is 3.30. The molecular weight excluding hydrogens is 332 g/mol. The quantitative estimate of drug-likeness (QED) is 0.650. The van der Waals surface area contributed by atoms with Gasteiger partial charge in [0.25, 0.3) is 0 Å². The van der Waals surface area contributed by atoms with Crippen LogP contribution in [0.3, 0.4) is 0 Å². The molecule has 0 amide bonds. The van der Waals surface area contributed by atoms with Crippen LogP contribution in [0.25, 0.3) is 6.08 Å². The first-order valence-electron chi connectivity index (χ1n) is 8.41. The lowest BCUT2D eigenvalue weighted by atomic mass is 9.88. The summed E-state index contributed by atoms with van der Waals surface area (Å²) in [5, 5.41) is 20.7. The van der Waals surface area contributed by atoms with Gasteiger partial charge in [-0.2, -0.15) is 0 Å². The maximum Gasteiger partial charge on any atom is 0.193 e. The minimum Gasteiger partial charge on any atom is -0.507 e. The van der Waals surface area contributed by atoms with Crippen molar-refractivity contribution in [3.05, 3.63) is 59.2 Å². The van der Waals surface area contributed by atoms with E-state index >= 15 is 0 Å². The van der Waals surface area contributed by atoms with Crippen molar-refractivity contribution in [2.75, 3.05) is 7.11 Å². The molecule has 0 aliphatic carbocycles. The molecule has 1 aliphatic rings. The first-order chi connectivity index (χ1) is 12.3. The number of ketones is 1. The second kappa shape index (κ2) is 6.84. The van der Waals surface area contributed by atoms with Gasteiger partial charge in [-0.05, 0) is 25.5 Å². The summed E-state index contributed by atoms with van der Waals surface area (Å²) < 4.78 is 11.2. The Balaban J connectivity index is 2.06. The lowest BCUT2D eigenvalue weighted by Gasteiger charge is -2.38. The van der Waals surface area contributed by atoms with Crippen LogP contribution in [0.15, 0.2) is 42.5 Å². The first kappa shape index (κ1) is 18.0. The Morgan fingerprint density at radius 1 is 1.31 bits per heavy atom. The van der Waals surface area contributed by atoms with Gasteiger partial charge in [-0.25, -0.2) is 0 Å². The monoisotopic (exact) mass is 354 g/mol. The number of aliphatic hydroxyl groups excluding tert-OH is 1. The normalized spacial score (nSPS) is 18.2. The molecule has 0 spiro atoms. The Hall–Kier alpha value is -2.79. The summed E-state index contributed by atoms with van der Waals surface area (Å²) in [6.07, 6.45) is 2.60. The minimum atomic E-state index is -0.885. The number of aromatic hydroxyl groups is 1. The number of methoxy groups -OCH3 is 1. The number of ether oxygens (including phenoxy) is 2. The zero-order valence-corrected chi connectivity index (χ0v) is 15.0. The molecular formula is C21H22O5. The van der Waals surface area contributed by atoms with Gasteiger partial charge in [-0.3, -0.25) is 4.79 Å². The second-order valence-corrected chi connectivity index (χ2v) is 6.81. The summed E-state index contributed by atoms with van der Waals surface area (Å²) >= 11 is 0. The zero-order valence-electron chi connectivity index (χ0n) is 15.0. The largest absolute Gasteiger partial charge is 0.507 e. The Morgan fingerprint density at radius 2 is 2.00 bits per heavy atom. The fourth-order valence-corrected chi connectivity index (χ4v) is 2.98. The van der Waals surface area contributed by atoms with Crippen molar-refractivity contribution in [1.29, 1.82) is 0 Å². The van der Waals surface area contributed by atoms with Crippen LogP contribution >= 0.6 is 0 Å². The number of fused-ring (bicyclic) bond motifs is 1. The Labute approximate surface area is 152 Å². The number of aliphatic hydroxyl groups is 1. The van der Waals surface area contributed by atoms with Gasteiger partial charge in [0.05, 0.1) is 13.2 Å². The van der Waals surface area contributed by atoms with Gasteiger partial charge in [0.2, 0.25) is 0 Å². The van der Waals surface area contributed by atoms with Gasteiger partial charge in [-0.15, -0.1) is 0 Å². The fourth-order valence-electron chi connectivity index (χ4n) is 2.98. The molecule has 0 aromatic heterocycles. The molecule has 136 valence electrons. The summed E-state index contributed by atoms with van der Waals surface area (Å²) in [6.45, 7) is 3.48. The molecule has 5 heteroatoms. The first-order valence-corrected chi connectivity index (χ1v) is 8.41. The molecule has 0 saturated heterocycles. The average molecular weight is 354 g/mol. The van der Waals surface area contributed by atoms with Crippen LogP contribution in [0.5, 0.6) is 17.2 Å². The van der Waals surface area contributed by atoms with Crippen LogP contribution in [0, 0.1) is 0 Å². The van der Waals surface area contributed by atoms with Crippen molar-refractivity contribution in [2.45, 2.75) is 32.0 Å². The fraction of sp³-hybridized carbons (Fsp3) is 0.286. The molecule has 2 N–H and O–H groups in total. The van der Waals surface area contributed by atoms with Gasteiger partial charge < -0.3 is 19.7 Å². The maximum absolute atomic E-state index is 12.8. The molecule has 0 radical (unpaired) electrons. The van der Waals surface area contributed by atoms with Crippen molar-refractivity contribution in [3.8, 4) is 17.2 Å². The number of allylic oxidation sites excluding steroid dienone is 1. The van der Waals surface area contributed by atoms with E-state index in [2.05, 4.69) is 0 Å². The summed E-state index contributed by atoms with van der Waals surface area (Å²) in [6, 6.07) is 10.8. The van der Waals surface area contributed by atoms with Gasteiger partial charge in [0.15, 0.2) is 5.78 Å². The SMILES string of the molecule is COc1cc(O)c(C(=O)/C=C/c2ccccc2)c2c1CC(O)C(C)(C)O2. The molecule has 5 nitrogen and oxygen atoms in total. The highest BCUT2D eigenvalue weighted by atomic mass is 16.5. The van der Waals surface area contributed by atoms with E-state index in [0.29, 0.717) is 11.3 Å².